The first-order valence-electron chi connectivity index (χ1n) is 3.85. The van der Waals surface area contributed by atoms with Crippen molar-refractivity contribution < 1.29 is 0 Å². The molecule has 0 bridgehead atoms. The normalized spacial score (nSPS) is 24.9. The molecular weight excluding hydrogens is 108 g/mol. The van der Waals surface area contributed by atoms with E-state index in [0.29, 0.717) is 0 Å². The van der Waals surface area contributed by atoms with E-state index in [2.05, 4.69) is 12.2 Å². The fourth-order valence-corrected chi connectivity index (χ4v) is 1.76. The molecule has 0 unspecified atom stereocenters. The summed E-state index contributed by atoms with van der Waals surface area (Å²) in [5.74, 6) is 0. The van der Waals surface area contributed by atoms with Gasteiger partial charge in [0.05, 0.1) is 0 Å². The molecule has 0 heteroatoms. The fraction of sp³-hybridized carbons (Fsp3) is 0.556. The smallest absolute Gasteiger partial charge is 0.0157 e. The van der Waals surface area contributed by atoms with Crippen LogP contribution in [0.15, 0.2) is 23.3 Å². The van der Waals surface area contributed by atoms with Gasteiger partial charge in [0.15, 0.2) is 0 Å². The Bertz CT molecular complexity index is 152. The molecule has 0 aromatic carbocycles. The number of hydrogen-bond donors (Lipinski definition) is 0. The molecule has 2 rings (SSSR count). The molecule has 2 aliphatic carbocycles. The van der Waals surface area contributed by atoms with E-state index in [9.17, 15) is 0 Å². The maximum atomic E-state index is 2.38. The maximum absolute atomic E-state index is 2.38. The van der Waals surface area contributed by atoms with Crippen LogP contribution in [0.4, 0.5) is 0 Å². The summed E-state index contributed by atoms with van der Waals surface area (Å²) in [5.41, 5.74) is 3.31. The SMILES string of the molecule is C1=C2CCCCC2=CC1. The van der Waals surface area contributed by atoms with Crippen molar-refractivity contribution in [1.29, 1.82) is 0 Å². The van der Waals surface area contributed by atoms with Gasteiger partial charge in [-0.25, -0.2) is 0 Å². The Morgan fingerprint density at radius 2 is 1.44 bits per heavy atom. The van der Waals surface area contributed by atoms with Gasteiger partial charge in [-0.3, -0.25) is 0 Å². The molecule has 9 heavy (non-hydrogen) atoms. The third-order valence-corrected chi connectivity index (χ3v) is 2.28. The number of rotatable bonds is 0. The van der Waals surface area contributed by atoms with Gasteiger partial charge in [0, 0.05) is 0 Å². The summed E-state index contributed by atoms with van der Waals surface area (Å²) in [4.78, 5) is 0. The lowest BCUT2D eigenvalue weighted by Gasteiger charge is -2.13. The van der Waals surface area contributed by atoms with Crippen LogP contribution in [0.5, 0.6) is 0 Å². The average Bonchev–Trinajstić information content (AvgIpc) is 2.33. The second-order valence-corrected chi connectivity index (χ2v) is 2.90. The minimum atomic E-state index is 1.21. The maximum Gasteiger partial charge on any atom is -0.0157 e. The first kappa shape index (κ1) is 5.28. The van der Waals surface area contributed by atoms with Crippen LogP contribution < -0.4 is 0 Å². The van der Waals surface area contributed by atoms with Gasteiger partial charge in [0.1, 0.15) is 0 Å². The summed E-state index contributed by atoms with van der Waals surface area (Å²) >= 11 is 0. The van der Waals surface area contributed by atoms with E-state index in [1.54, 1.807) is 11.1 Å². The number of allylic oxidation sites excluding steroid dienone is 4. The highest BCUT2D eigenvalue weighted by molar-refractivity contribution is 5.38. The van der Waals surface area contributed by atoms with E-state index in [1.807, 2.05) is 0 Å². The Labute approximate surface area is 56.3 Å². The van der Waals surface area contributed by atoms with E-state index in [-0.39, 0.29) is 0 Å². The predicted octanol–water partition coefficient (Wildman–Crippen LogP) is 2.82. The molecule has 0 aromatic rings. The van der Waals surface area contributed by atoms with E-state index in [4.69, 9.17) is 0 Å². The summed E-state index contributed by atoms with van der Waals surface area (Å²) in [6.07, 6.45) is 11.5. The summed E-state index contributed by atoms with van der Waals surface area (Å²) in [5, 5.41) is 0. The van der Waals surface area contributed by atoms with Crippen LogP contribution in [-0.2, 0) is 0 Å². The third kappa shape index (κ3) is 0.827. The van der Waals surface area contributed by atoms with Gasteiger partial charge in [0.25, 0.3) is 0 Å². The molecule has 0 nitrogen and oxygen atoms in total. The van der Waals surface area contributed by atoms with Crippen LogP contribution in [0.2, 0.25) is 0 Å². The Kier molecular flexibility index (Phi) is 1.18. The van der Waals surface area contributed by atoms with Crippen LogP contribution in [-0.4, -0.2) is 0 Å². The van der Waals surface area contributed by atoms with Gasteiger partial charge in [-0.2, -0.15) is 0 Å². The van der Waals surface area contributed by atoms with Gasteiger partial charge in [-0.15, -0.1) is 0 Å². The van der Waals surface area contributed by atoms with E-state index in [1.165, 1.54) is 32.1 Å². The van der Waals surface area contributed by atoms with Crippen molar-refractivity contribution in [3.8, 4) is 0 Å². The Morgan fingerprint density at radius 1 is 0.889 bits per heavy atom. The topological polar surface area (TPSA) is 0 Å². The quantitative estimate of drug-likeness (QED) is 0.461. The van der Waals surface area contributed by atoms with Gasteiger partial charge in [-0.1, -0.05) is 12.2 Å². The zero-order chi connectivity index (χ0) is 6.10. The number of hydrogen-bond acceptors (Lipinski definition) is 0. The van der Waals surface area contributed by atoms with Gasteiger partial charge < -0.3 is 0 Å². The summed E-state index contributed by atoms with van der Waals surface area (Å²) in [6, 6.07) is 0. The lowest BCUT2D eigenvalue weighted by Crippen LogP contribution is -1.94. The van der Waals surface area contributed by atoms with E-state index in [0.717, 1.165) is 0 Å². The molecule has 0 radical (unpaired) electrons. The molecule has 2 aliphatic rings. The minimum absolute atomic E-state index is 1.21. The lowest BCUT2D eigenvalue weighted by molar-refractivity contribution is 0.682. The van der Waals surface area contributed by atoms with Crippen molar-refractivity contribution >= 4 is 0 Å². The van der Waals surface area contributed by atoms with Gasteiger partial charge in [0.2, 0.25) is 0 Å². The summed E-state index contributed by atoms with van der Waals surface area (Å²) in [7, 11) is 0. The molecule has 0 aliphatic heterocycles. The molecule has 0 amide bonds. The largest absolute Gasteiger partial charge is 0.0772 e. The first-order valence-corrected chi connectivity index (χ1v) is 3.85. The Morgan fingerprint density at radius 3 is 2.00 bits per heavy atom. The standard InChI is InChI=1S/C9H12/c1-2-5-9-7-3-6-8(9)4-1/h6-7H,1-5H2. The van der Waals surface area contributed by atoms with E-state index < -0.39 is 0 Å². The fourth-order valence-electron chi connectivity index (χ4n) is 1.76. The van der Waals surface area contributed by atoms with Crippen molar-refractivity contribution in [3.05, 3.63) is 23.3 Å². The second-order valence-electron chi connectivity index (χ2n) is 2.90. The van der Waals surface area contributed by atoms with Gasteiger partial charge >= 0.3 is 0 Å². The molecule has 0 saturated heterocycles. The molecule has 1 fully saturated rings. The molecule has 0 heterocycles. The Hall–Kier alpha value is -0.520. The molecular formula is C9H12. The van der Waals surface area contributed by atoms with Crippen LogP contribution in [0, 0.1) is 0 Å². The molecule has 0 spiro atoms. The Balaban J connectivity index is 2.22. The van der Waals surface area contributed by atoms with Crippen LogP contribution in [0.1, 0.15) is 32.1 Å². The van der Waals surface area contributed by atoms with Crippen molar-refractivity contribution in [2.45, 2.75) is 32.1 Å². The molecule has 0 atom stereocenters. The highest BCUT2D eigenvalue weighted by Gasteiger charge is 2.13. The number of fused-ring (bicyclic) bond motifs is 1. The lowest BCUT2D eigenvalue weighted by atomic mass is 9.92. The highest BCUT2D eigenvalue weighted by Crippen LogP contribution is 2.32. The molecule has 0 aromatic heterocycles. The highest BCUT2D eigenvalue weighted by atomic mass is 14.2. The summed E-state index contributed by atoms with van der Waals surface area (Å²) < 4.78 is 0. The molecule has 0 N–H and O–H groups in total. The third-order valence-electron chi connectivity index (χ3n) is 2.28. The van der Waals surface area contributed by atoms with Crippen molar-refractivity contribution in [3.63, 3.8) is 0 Å². The van der Waals surface area contributed by atoms with Crippen LogP contribution in [0.3, 0.4) is 0 Å². The summed E-state index contributed by atoms with van der Waals surface area (Å²) in [6.45, 7) is 0. The molecule has 48 valence electrons. The van der Waals surface area contributed by atoms with E-state index >= 15 is 0 Å². The van der Waals surface area contributed by atoms with Crippen LogP contribution in [0.25, 0.3) is 0 Å². The van der Waals surface area contributed by atoms with Crippen molar-refractivity contribution in [1.82, 2.24) is 0 Å². The van der Waals surface area contributed by atoms with Crippen molar-refractivity contribution in [2.24, 2.45) is 0 Å². The average molecular weight is 120 g/mol. The zero-order valence-electron chi connectivity index (χ0n) is 5.69. The molecule has 1 saturated carbocycles. The zero-order valence-corrected chi connectivity index (χ0v) is 5.69. The predicted molar refractivity (Wildman–Crippen MR) is 39.3 cm³/mol. The first-order chi connectivity index (χ1) is 4.47. The monoisotopic (exact) mass is 120 g/mol. The van der Waals surface area contributed by atoms with Crippen LogP contribution >= 0.6 is 0 Å². The second kappa shape index (κ2) is 2.02. The minimum Gasteiger partial charge on any atom is -0.0772 e. The van der Waals surface area contributed by atoms with Crippen molar-refractivity contribution in [2.75, 3.05) is 0 Å². The van der Waals surface area contributed by atoms with Gasteiger partial charge in [-0.05, 0) is 43.3 Å².